The van der Waals surface area contributed by atoms with Crippen LogP contribution < -0.4 is 5.32 Å². The van der Waals surface area contributed by atoms with E-state index in [2.05, 4.69) is 49.3 Å². The van der Waals surface area contributed by atoms with Crippen molar-refractivity contribution in [1.29, 1.82) is 0 Å². The standard InChI is InChI=1S/C10H13Br2NO/c1-14-5-4-13-7-8-2-3-9(11)10(12)6-8/h2-3,6,13H,4-5,7H2,1H3. The first-order valence-corrected chi connectivity index (χ1v) is 5.96. The molecule has 0 aliphatic carbocycles. The monoisotopic (exact) mass is 321 g/mol. The van der Waals surface area contributed by atoms with Crippen LogP contribution in [0.2, 0.25) is 0 Å². The highest BCUT2D eigenvalue weighted by atomic mass is 79.9. The van der Waals surface area contributed by atoms with Gasteiger partial charge in [-0.15, -0.1) is 0 Å². The maximum Gasteiger partial charge on any atom is 0.0587 e. The molecule has 0 atom stereocenters. The number of nitrogens with one attached hydrogen (secondary N) is 1. The minimum atomic E-state index is 0.748. The van der Waals surface area contributed by atoms with Gasteiger partial charge in [-0.05, 0) is 49.6 Å². The fourth-order valence-electron chi connectivity index (χ4n) is 1.06. The molecule has 0 unspecified atom stereocenters. The third kappa shape index (κ3) is 4.09. The lowest BCUT2D eigenvalue weighted by molar-refractivity contribution is 0.199. The van der Waals surface area contributed by atoms with Crippen LogP contribution in [0.1, 0.15) is 5.56 Å². The minimum absolute atomic E-state index is 0.748. The molecule has 2 nitrogen and oxygen atoms in total. The summed E-state index contributed by atoms with van der Waals surface area (Å²) in [4.78, 5) is 0. The molecule has 1 aromatic carbocycles. The van der Waals surface area contributed by atoms with Gasteiger partial charge in [0.2, 0.25) is 0 Å². The second-order valence-corrected chi connectivity index (χ2v) is 4.63. The Balaban J connectivity index is 2.39. The van der Waals surface area contributed by atoms with Gasteiger partial charge in [-0.3, -0.25) is 0 Å². The van der Waals surface area contributed by atoms with Crippen LogP contribution >= 0.6 is 31.9 Å². The van der Waals surface area contributed by atoms with Crippen molar-refractivity contribution in [2.24, 2.45) is 0 Å². The molecule has 78 valence electrons. The second-order valence-electron chi connectivity index (χ2n) is 2.92. The Hall–Kier alpha value is 0.1000. The minimum Gasteiger partial charge on any atom is -0.383 e. The summed E-state index contributed by atoms with van der Waals surface area (Å²) in [6, 6.07) is 6.23. The van der Waals surface area contributed by atoms with E-state index in [1.807, 2.05) is 6.07 Å². The molecule has 4 heteroatoms. The number of rotatable bonds is 5. The Kier molecular flexibility index (Phi) is 5.70. The lowest BCUT2D eigenvalue weighted by Gasteiger charge is -2.05. The first-order chi connectivity index (χ1) is 6.74. The lowest BCUT2D eigenvalue weighted by atomic mass is 10.2. The van der Waals surface area contributed by atoms with Crippen LogP contribution in [0.15, 0.2) is 27.1 Å². The molecule has 0 aromatic heterocycles. The van der Waals surface area contributed by atoms with Crippen LogP contribution in [0, 0.1) is 0 Å². The van der Waals surface area contributed by atoms with Gasteiger partial charge < -0.3 is 10.1 Å². The number of ether oxygens (including phenoxy) is 1. The van der Waals surface area contributed by atoms with E-state index in [1.165, 1.54) is 5.56 Å². The van der Waals surface area contributed by atoms with E-state index in [4.69, 9.17) is 4.74 Å². The number of hydrogen-bond donors (Lipinski definition) is 1. The van der Waals surface area contributed by atoms with Crippen molar-refractivity contribution in [2.45, 2.75) is 6.54 Å². The van der Waals surface area contributed by atoms with E-state index in [0.717, 1.165) is 28.6 Å². The van der Waals surface area contributed by atoms with Crippen LogP contribution in [-0.4, -0.2) is 20.3 Å². The van der Waals surface area contributed by atoms with Gasteiger partial charge in [0.15, 0.2) is 0 Å². The molecule has 0 amide bonds. The van der Waals surface area contributed by atoms with Gasteiger partial charge in [-0.1, -0.05) is 6.07 Å². The maximum absolute atomic E-state index is 4.94. The first-order valence-electron chi connectivity index (χ1n) is 4.37. The van der Waals surface area contributed by atoms with E-state index in [1.54, 1.807) is 7.11 Å². The normalized spacial score (nSPS) is 10.5. The van der Waals surface area contributed by atoms with E-state index in [9.17, 15) is 0 Å². The third-order valence-corrected chi connectivity index (χ3v) is 3.68. The van der Waals surface area contributed by atoms with Crippen LogP contribution in [0.4, 0.5) is 0 Å². The van der Waals surface area contributed by atoms with Crippen molar-refractivity contribution >= 4 is 31.9 Å². The molecular weight excluding hydrogens is 310 g/mol. The molecule has 1 rings (SSSR count). The van der Waals surface area contributed by atoms with Gasteiger partial charge in [0.05, 0.1) is 6.61 Å². The molecule has 0 saturated carbocycles. The van der Waals surface area contributed by atoms with Crippen LogP contribution in [-0.2, 0) is 11.3 Å². The highest BCUT2D eigenvalue weighted by Gasteiger charge is 1.97. The smallest absolute Gasteiger partial charge is 0.0587 e. The molecular formula is C10H13Br2NO. The zero-order chi connectivity index (χ0) is 10.4. The topological polar surface area (TPSA) is 21.3 Å². The molecule has 1 aromatic rings. The van der Waals surface area contributed by atoms with Crippen molar-refractivity contribution in [2.75, 3.05) is 20.3 Å². The molecule has 0 aliphatic rings. The molecule has 0 fully saturated rings. The second kappa shape index (κ2) is 6.56. The Morgan fingerprint density at radius 3 is 2.71 bits per heavy atom. The van der Waals surface area contributed by atoms with E-state index in [-0.39, 0.29) is 0 Å². The summed E-state index contributed by atoms with van der Waals surface area (Å²) >= 11 is 6.90. The van der Waals surface area contributed by atoms with Gasteiger partial charge in [0.25, 0.3) is 0 Å². The Bertz CT molecular complexity index is 291. The highest BCUT2D eigenvalue weighted by molar-refractivity contribution is 9.13. The Morgan fingerprint density at radius 1 is 1.29 bits per heavy atom. The zero-order valence-corrected chi connectivity index (χ0v) is 11.2. The first kappa shape index (κ1) is 12.2. The summed E-state index contributed by atoms with van der Waals surface area (Å²) in [5.41, 5.74) is 1.26. The van der Waals surface area contributed by atoms with Crippen LogP contribution in [0.5, 0.6) is 0 Å². The van der Waals surface area contributed by atoms with Gasteiger partial charge in [-0.2, -0.15) is 0 Å². The molecule has 0 spiro atoms. The molecule has 0 radical (unpaired) electrons. The van der Waals surface area contributed by atoms with Gasteiger partial charge in [-0.25, -0.2) is 0 Å². The molecule has 1 N–H and O–H groups in total. The highest BCUT2D eigenvalue weighted by Crippen LogP contribution is 2.23. The quantitative estimate of drug-likeness (QED) is 0.842. The van der Waals surface area contributed by atoms with E-state index in [0.29, 0.717) is 0 Å². The van der Waals surface area contributed by atoms with Crippen molar-refractivity contribution in [1.82, 2.24) is 5.32 Å². The van der Waals surface area contributed by atoms with Crippen molar-refractivity contribution in [3.05, 3.63) is 32.7 Å². The van der Waals surface area contributed by atoms with E-state index >= 15 is 0 Å². The number of halogens is 2. The molecule has 0 aliphatic heterocycles. The summed E-state index contributed by atoms with van der Waals surface area (Å²) in [6.07, 6.45) is 0. The van der Waals surface area contributed by atoms with Crippen molar-refractivity contribution in [3.8, 4) is 0 Å². The van der Waals surface area contributed by atoms with Crippen molar-refractivity contribution < 1.29 is 4.74 Å². The molecule has 14 heavy (non-hydrogen) atoms. The Morgan fingerprint density at radius 2 is 2.07 bits per heavy atom. The fourth-order valence-corrected chi connectivity index (χ4v) is 1.73. The van der Waals surface area contributed by atoms with Gasteiger partial charge in [0.1, 0.15) is 0 Å². The summed E-state index contributed by atoms with van der Waals surface area (Å²) in [7, 11) is 1.71. The maximum atomic E-state index is 4.94. The predicted octanol–water partition coefficient (Wildman–Crippen LogP) is 2.95. The Labute approximate surface area is 101 Å². The van der Waals surface area contributed by atoms with E-state index < -0.39 is 0 Å². The third-order valence-electron chi connectivity index (χ3n) is 1.80. The summed E-state index contributed by atoms with van der Waals surface area (Å²) in [6.45, 7) is 2.50. The summed E-state index contributed by atoms with van der Waals surface area (Å²) in [5.74, 6) is 0. The number of benzene rings is 1. The predicted molar refractivity (Wildman–Crippen MR) is 65.4 cm³/mol. The van der Waals surface area contributed by atoms with Crippen LogP contribution in [0.3, 0.4) is 0 Å². The number of methoxy groups -OCH3 is 1. The van der Waals surface area contributed by atoms with Gasteiger partial charge in [0, 0.05) is 29.1 Å². The largest absolute Gasteiger partial charge is 0.383 e. The van der Waals surface area contributed by atoms with Gasteiger partial charge >= 0.3 is 0 Å². The molecule has 0 bridgehead atoms. The molecule has 0 saturated heterocycles. The SMILES string of the molecule is COCCNCc1ccc(Br)c(Br)c1. The summed E-state index contributed by atoms with van der Waals surface area (Å²) in [5, 5.41) is 3.29. The average molecular weight is 323 g/mol. The average Bonchev–Trinajstić information content (AvgIpc) is 2.18. The number of hydrogen-bond acceptors (Lipinski definition) is 2. The molecule has 0 heterocycles. The lowest BCUT2D eigenvalue weighted by Crippen LogP contribution is -2.18. The zero-order valence-electron chi connectivity index (χ0n) is 8.02. The fraction of sp³-hybridized carbons (Fsp3) is 0.400. The summed E-state index contributed by atoms with van der Waals surface area (Å²) < 4.78 is 7.11. The van der Waals surface area contributed by atoms with Crippen molar-refractivity contribution in [3.63, 3.8) is 0 Å². The van der Waals surface area contributed by atoms with Crippen LogP contribution in [0.25, 0.3) is 0 Å².